The molecule has 0 saturated carbocycles. The minimum absolute atomic E-state index is 0.0633. The van der Waals surface area contributed by atoms with Crippen LogP contribution in [0.25, 0.3) is 22.4 Å². The molecule has 1 aromatic heterocycles. The standard InChI is InChI=1S/C27H26Cl2FN5O/c1-15-13-35(14-16(2)34(15)3)25-12-21(29)19(11-22(25)30)27(36)31-17-8-9-20(28)18(10-17)26-32-23-6-4-5-7-24(23)33-26/h4-12,15-16H,13-14H2,1-3H3,(H,31,36)(H,32,33)/t15-,16+. The van der Waals surface area contributed by atoms with E-state index in [1.54, 1.807) is 18.2 Å². The summed E-state index contributed by atoms with van der Waals surface area (Å²) in [6.45, 7) is 5.56. The van der Waals surface area contributed by atoms with E-state index in [-0.39, 0.29) is 22.7 Å². The highest BCUT2D eigenvalue weighted by atomic mass is 35.5. The average Bonchev–Trinajstić information content (AvgIpc) is 3.28. The minimum Gasteiger partial charge on any atom is -0.366 e. The number of aromatic nitrogens is 2. The molecule has 0 unspecified atom stereocenters. The number of nitrogens with zero attached hydrogens (tertiary/aromatic N) is 3. The lowest BCUT2D eigenvalue weighted by Gasteiger charge is -2.43. The van der Waals surface area contributed by atoms with Crippen molar-refractivity contribution in [1.29, 1.82) is 0 Å². The summed E-state index contributed by atoms with van der Waals surface area (Å²) in [6.07, 6.45) is 0. The Morgan fingerprint density at radius 3 is 2.50 bits per heavy atom. The minimum atomic E-state index is -0.511. The summed E-state index contributed by atoms with van der Waals surface area (Å²) in [5, 5.41) is 3.48. The number of H-pyrrole nitrogens is 1. The van der Waals surface area contributed by atoms with Gasteiger partial charge in [0, 0.05) is 36.4 Å². The summed E-state index contributed by atoms with van der Waals surface area (Å²) in [4.78, 5) is 25.1. The maximum absolute atomic E-state index is 15.2. The first kappa shape index (κ1) is 24.6. The van der Waals surface area contributed by atoms with Gasteiger partial charge in [0.2, 0.25) is 0 Å². The van der Waals surface area contributed by atoms with Crippen LogP contribution in [-0.2, 0) is 0 Å². The highest BCUT2D eigenvalue weighted by Gasteiger charge is 2.29. The number of amides is 1. The van der Waals surface area contributed by atoms with Crippen molar-refractivity contribution in [2.75, 3.05) is 30.4 Å². The van der Waals surface area contributed by atoms with Crippen molar-refractivity contribution in [2.45, 2.75) is 25.9 Å². The van der Waals surface area contributed by atoms with E-state index in [2.05, 4.69) is 41.1 Å². The third-order valence-electron chi connectivity index (χ3n) is 6.85. The van der Waals surface area contributed by atoms with Gasteiger partial charge in [-0.15, -0.1) is 0 Å². The first-order valence-corrected chi connectivity index (χ1v) is 12.5. The van der Waals surface area contributed by atoms with Crippen molar-refractivity contribution in [1.82, 2.24) is 14.9 Å². The molecule has 1 fully saturated rings. The van der Waals surface area contributed by atoms with Crippen LogP contribution in [0.3, 0.4) is 0 Å². The lowest BCUT2D eigenvalue weighted by atomic mass is 10.1. The zero-order valence-corrected chi connectivity index (χ0v) is 21.7. The number of para-hydroxylation sites is 2. The number of halogens is 3. The summed E-state index contributed by atoms with van der Waals surface area (Å²) < 4.78 is 15.2. The van der Waals surface area contributed by atoms with Gasteiger partial charge >= 0.3 is 0 Å². The number of nitrogens with one attached hydrogen (secondary N) is 2. The molecule has 2 N–H and O–H groups in total. The first-order chi connectivity index (χ1) is 17.2. The van der Waals surface area contributed by atoms with Crippen LogP contribution in [-0.4, -0.2) is 53.0 Å². The second-order valence-corrected chi connectivity index (χ2v) is 10.1. The molecule has 0 aliphatic carbocycles. The number of anilines is 2. The number of rotatable bonds is 4. The maximum Gasteiger partial charge on any atom is 0.257 e. The molecular formula is C27H26Cl2FN5O. The van der Waals surface area contributed by atoms with Gasteiger partial charge in [0.05, 0.1) is 32.3 Å². The Morgan fingerprint density at radius 2 is 1.78 bits per heavy atom. The Kier molecular flexibility index (Phi) is 6.64. The third kappa shape index (κ3) is 4.66. The van der Waals surface area contributed by atoms with E-state index >= 15 is 4.39 Å². The second kappa shape index (κ2) is 9.73. The van der Waals surface area contributed by atoms with Gasteiger partial charge < -0.3 is 15.2 Å². The number of benzene rings is 3. The largest absolute Gasteiger partial charge is 0.366 e. The molecule has 36 heavy (non-hydrogen) atoms. The summed E-state index contributed by atoms with van der Waals surface area (Å²) >= 11 is 12.9. The van der Waals surface area contributed by atoms with E-state index in [0.717, 1.165) is 11.0 Å². The molecule has 0 spiro atoms. The number of piperazine rings is 1. The second-order valence-electron chi connectivity index (χ2n) is 9.30. The average molecular weight is 526 g/mol. The molecule has 5 rings (SSSR count). The van der Waals surface area contributed by atoms with Crippen LogP contribution in [0, 0.1) is 5.82 Å². The van der Waals surface area contributed by atoms with Crippen molar-refractivity contribution in [3.63, 3.8) is 0 Å². The Hall–Kier alpha value is -3.13. The van der Waals surface area contributed by atoms with Gasteiger partial charge in [0.15, 0.2) is 0 Å². The van der Waals surface area contributed by atoms with E-state index in [9.17, 15) is 4.79 Å². The van der Waals surface area contributed by atoms with E-state index in [4.69, 9.17) is 23.2 Å². The SMILES string of the molecule is C[C@@H]1CN(c2cc(Cl)c(C(=O)Nc3ccc(Cl)c(-c4nc5ccccc5[nH]4)c3)cc2F)C[C@H](C)N1C. The van der Waals surface area contributed by atoms with Crippen molar-refractivity contribution in [2.24, 2.45) is 0 Å². The molecule has 2 atom stereocenters. The number of aromatic amines is 1. The molecule has 6 nitrogen and oxygen atoms in total. The number of carbonyl (C=O) groups is 1. The number of carbonyl (C=O) groups excluding carboxylic acids is 1. The lowest BCUT2D eigenvalue weighted by molar-refractivity contribution is 0.102. The zero-order valence-electron chi connectivity index (χ0n) is 20.1. The molecule has 1 amide bonds. The molecule has 186 valence electrons. The van der Waals surface area contributed by atoms with Crippen molar-refractivity contribution in [3.05, 3.63) is 76.0 Å². The molecule has 4 aromatic rings. The van der Waals surface area contributed by atoms with E-state index in [1.807, 2.05) is 29.2 Å². The summed E-state index contributed by atoms with van der Waals surface area (Å²) in [5.41, 5.74) is 3.28. The predicted octanol–water partition coefficient (Wildman–Crippen LogP) is 6.46. The molecule has 1 saturated heterocycles. The molecule has 2 heterocycles. The Morgan fingerprint density at radius 1 is 1.06 bits per heavy atom. The smallest absolute Gasteiger partial charge is 0.257 e. The van der Waals surface area contributed by atoms with Gasteiger partial charge in [-0.05, 0) is 63.4 Å². The molecule has 1 aliphatic rings. The predicted molar refractivity (Wildman–Crippen MR) is 145 cm³/mol. The lowest BCUT2D eigenvalue weighted by Crippen LogP contribution is -2.55. The number of hydrogen-bond donors (Lipinski definition) is 2. The number of imidazole rings is 1. The summed E-state index contributed by atoms with van der Waals surface area (Å²) in [5.74, 6) is -0.405. The molecular weight excluding hydrogens is 500 g/mol. The molecule has 3 aromatic carbocycles. The van der Waals surface area contributed by atoms with Gasteiger partial charge in [-0.25, -0.2) is 9.37 Å². The van der Waals surface area contributed by atoms with Crippen LogP contribution in [0.2, 0.25) is 10.0 Å². The Labute approximate surface area is 219 Å². The number of likely N-dealkylation sites (N-methyl/N-ethyl adjacent to an activating group) is 1. The number of hydrogen-bond acceptors (Lipinski definition) is 4. The van der Waals surface area contributed by atoms with Crippen LogP contribution in [0.5, 0.6) is 0 Å². The first-order valence-electron chi connectivity index (χ1n) is 11.7. The fourth-order valence-corrected chi connectivity index (χ4v) is 5.07. The van der Waals surface area contributed by atoms with Gasteiger partial charge in [-0.3, -0.25) is 9.69 Å². The molecule has 0 radical (unpaired) electrons. The third-order valence-corrected chi connectivity index (χ3v) is 7.49. The van der Waals surface area contributed by atoms with Gasteiger partial charge in [-0.2, -0.15) is 0 Å². The van der Waals surface area contributed by atoms with Crippen molar-refractivity contribution >= 4 is 51.5 Å². The Bertz CT molecular complexity index is 1410. The fourth-order valence-electron chi connectivity index (χ4n) is 4.62. The Balaban J connectivity index is 1.39. The van der Waals surface area contributed by atoms with Gasteiger partial charge in [0.25, 0.3) is 5.91 Å². The highest BCUT2D eigenvalue weighted by Crippen LogP contribution is 2.33. The normalized spacial score (nSPS) is 18.6. The summed E-state index contributed by atoms with van der Waals surface area (Å²) in [6, 6.07) is 16.0. The fraction of sp³-hybridized carbons (Fsp3) is 0.259. The van der Waals surface area contributed by atoms with E-state index in [0.29, 0.717) is 40.9 Å². The molecule has 1 aliphatic heterocycles. The zero-order chi connectivity index (χ0) is 25.6. The van der Waals surface area contributed by atoms with Crippen LogP contribution in [0.1, 0.15) is 24.2 Å². The van der Waals surface area contributed by atoms with Crippen molar-refractivity contribution < 1.29 is 9.18 Å². The van der Waals surface area contributed by atoms with Crippen molar-refractivity contribution in [3.8, 4) is 11.4 Å². The van der Waals surface area contributed by atoms with Gasteiger partial charge in [0.1, 0.15) is 11.6 Å². The van der Waals surface area contributed by atoms with E-state index in [1.165, 1.54) is 12.1 Å². The van der Waals surface area contributed by atoms with Crippen LogP contribution in [0.4, 0.5) is 15.8 Å². The monoisotopic (exact) mass is 525 g/mol. The highest BCUT2D eigenvalue weighted by molar-refractivity contribution is 6.35. The molecule has 0 bridgehead atoms. The molecule has 9 heteroatoms. The van der Waals surface area contributed by atoms with Crippen LogP contribution < -0.4 is 10.2 Å². The van der Waals surface area contributed by atoms with Gasteiger partial charge in [-0.1, -0.05) is 35.3 Å². The maximum atomic E-state index is 15.2. The summed E-state index contributed by atoms with van der Waals surface area (Å²) in [7, 11) is 2.07. The quantitative estimate of drug-likeness (QED) is 0.321. The van der Waals surface area contributed by atoms with Crippen LogP contribution >= 0.6 is 23.2 Å². The van der Waals surface area contributed by atoms with Crippen LogP contribution in [0.15, 0.2) is 54.6 Å². The number of fused-ring (bicyclic) bond motifs is 1. The topological polar surface area (TPSA) is 64.3 Å². The van der Waals surface area contributed by atoms with E-state index < -0.39 is 11.7 Å².